The molecule has 0 spiro atoms. The van der Waals surface area contributed by atoms with Crippen LogP contribution in [0.1, 0.15) is 36.4 Å². The maximum absolute atomic E-state index is 13.2. The summed E-state index contributed by atoms with van der Waals surface area (Å²) < 4.78 is 12.2. The zero-order chi connectivity index (χ0) is 26.4. The van der Waals surface area contributed by atoms with Gasteiger partial charge in [-0.2, -0.15) is 0 Å². The maximum atomic E-state index is 13.2. The number of carbonyl (C=O) groups is 2. The molecule has 0 saturated carbocycles. The third-order valence-electron chi connectivity index (χ3n) is 6.00. The van der Waals surface area contributed by atoms with Gasteiger partial charge in [0.1, 0.15) is 17.3 Å². The van der Waals surface area contributed by atoms with Crippen LogP contribution >= 0.6 is 36.4 Å². The van der Waals surface area contributed by atoms with E-state index in [1.54, 1.807) is 36.4 Å². The van der Waals surface area contributed by atoms with Crippen molar-refractivity contribution in [3.63, 3.8) is 0 Å². The summed E-state index contributed by atoms with van der Waals surface area (Å²) in [5.41, 5.74) is 7.18. The van der Waals surface area contributed by atoms with Gasteiger partial charge < -0.3 is 19.8 Å². The average Bonchev–Trinajstić information content (AvgIpc) is 3.48. The van der Waals surface area contributed by atoms with E-state index >= 15 is 0 Å². The van der Waals surface area contributed by atoms with E-state index in [2.05, 4.69) is 18.7 Å². The molecule has 2 heterocycles. The lowest BCUT2D eigenvalue weighted by atomic mass is 10.1. The van der Waals surface area contributed by atoms with Crippen molar-refractivity contribution >= 4 is 64.3 Å². The lowest BCUT2D eigenvalue weighted by molar-refractivity contribution is -0.113. The normalized spacial score (nSPS) is 14.3. The van der Waals surface area contributed by atoms with Gasteiger partial charge in [-0.3, -0.25) is 14.5 Å². The molecular weight excluding hydrogens is 542 g/mol. The third-order valence-corrected chi connectivity index (χ3v) is 7.30. The Morgan fingerprint density at radius 1 is 1.13 bits per heavy atom. The molecule has 7 nitrogen and oxygen atoms in total. The fourth-order valence-electron chi connectivity index (χ4n) is 3.94. The minimum absolute atomic E-state index is 0. The smallest absolute Gasteiger partial charge is 0.270 e. The lowest BCUT2D eigenvalue weighted by Gasteiger charge is -2.18. The molecule has 0 atom stereocenters. The van der Waals surface area contributed by atoms with Gasteiger partial charge in [0.25, 0.3) is 5.91 Å². The van der Waals surface area contributed by atoms with E-state index in [4.69, 9.17) is 27.1 Å². The third kappa shape index (κ3) is 7.05. The fraction of sp³-hybridized carbons (Fsp3) is 0.250. The maximum Gasteiger partial charge on any atom is 0.270 e. The van der Waals surface area contributed by atoms with Crippen LogP contribution < -0.4 is 15.4 Å². The first kappa shape index (κ1) is 29.4. The number of rotatable bonds is 11. The van der Waals surface area contributed by atoms with Crippen molar-refractivity contribution in [2.24, 2.45) is 5.73 Å². The standard InChI is InChI=1S/C28H29N3O4S2.ClH/c1-3-30(4-2)15-6-16-34-22-11-9-21(10-12-22)31-27(33)25(37-28(31)36)18-23-13-14-24(35-23)19-7-5-8-20(17-19)26(29)32;/h5,7-14,17-18H,3-4,6,15-16H2,1-2H3,(H2,29,32);1H. The van der Waals surface area contributed by atoms with E-state index in [-0.39, 0.29) is 18.3 Å². The van der Waals surface area contributed by atoms with Crippen molar-refractivity contribution in [1.29, 1.82) is 0 Å². The van der Waals surface area contributed by atoms with Crippen molar-refractivity contribution < 1.29 is 18.7 Å². The van der Waals surface area contributed by atoms with Crippen molar-refractivity contribution in [2.45, 2.75) is 20.3 Å². The van der Waals surface area contributed by atoms with Crippen LogP contribution in [0.3, 0.4) is 0 Å². The monoisotopic (exact) mass is 571 g/mol. The van der Waals surface area contributed by atoms with Crippen LogP contribution in [0.25, 0.3) is 17.4 Å². The highest BCUT2D eigenvalue weighted by atomic mass is 35.5. The quantitative estimate of drug-likeness (QED) is 0.172. The SMILES string of the molecule is CCN(CC)CCCOc1ccc(N2C(=O)C(=Cc3ccc(-c4cccc(C(N)=O)c4)o3)SC2=S)cc1.Cl. The summed E-state index contributed by atoms with van der Waals surface area (Å²) >= 11 is 6.72. The highest BCUT2D eigenvalue weighted by Crippen LogP contribution is 2.37. The molecule has 38 heavy (non-hydrogen) atoms. The van der Waals surface area contributed by atoms with Gasteiger partial charge in [-0.1, -0.05) is 50.0 Å². The summed E-state index contributed by atoms with van der Waals surface area (Å²) in [6.45, 7) is 8.03. The summed E-state index contributed by atoms with van der Waals surface area (Å²) in [5, 5.41) is 0. The Hall–Kier alpha value is -3.11. The number of furan rings is 1. The van der Waals surface area contributed by atoms with Gasteiger partial charge in [-0.25, -0.2) is 0 Å². The minimum atomic E-state index is -0.507. The molecule has 10 heteroatoms. The number of amides is 2. The second kappa shape index (κ2) is 13.6. The van der Waals surface area contributed by atoms with E-state index < -0.39 is 5.91 Å². The first-order valence-electron chi connectivity index (χ1n) is 12.1. The number of carbonyl (C=O) groups excluding carboxylic acids is 2. The number of primary amides is 1. The number of thioether (sulfide) groups is 1. The summed E-state index contributed by atoms with van der Waals surface area (Å²) in [4.78, 5) is 29.0. The van der Waals surface area contributed by atoms with E-state index in [0.29, 0.717) is 38.6 Å². The van der Waals surface area contributed by atoms with Crippen LogP contribution in [-0.4, -0.2) is 47.3 Å². The van der Waals surface area contributed by atoms with Crippen LogP contribution in [0.4, 0.5) is 5.69 Å². The van der Waals surface area contributed by atoms with Gasteiger partial charge in [0, 0.05) is 23.7 Å². The molecule has 4 rings (SSSR count). The van der Waals surface area contributed by atoms with E-state index in [0.717, 1.165) is 37.4 Å². The highest BCUT2D eigenvalue weighted by molar-refractivity contribution is 8.27. The Kier molecular flexibility index (Phi) is 10.6. The van der Waals surface area contributed by atoms with E-state index in [1.807, 2.05) is 30.3 Å². The Labute approximate surface area is 238 Å². The van der Waals surface area contributed by atoms with Gasteiger partial charge in [0.15, 0.2) is 4.32 Å². The molecule has 1 aliphatic rings. The topological polar surface area (TPSA) is 89.0 Å². The Morgan fingerprint density at radius 2 is 1.87 bits per heavy atom. The van der Waals surface area contributed by atoms with Gasteiger partial charge >= 0.3 is 0 Å². The summed E-state index contributed by atoms with van der Waals surface area (Å²) in [6.07, 6.45) is 2.63. The average molecular weight is 572 g/mol. The molecule has 1 fully saturated rings. The predicted molar refractivity (Wildman–Crippen MR) is 160 cm³/mol. The van der Waals surface area contributed by atoms with Crippen molar-refractivity contribution in [3.05, 3.63) is 76.9 Å². The lowest BCUT2D eigenvalue weighted by Crippen LogP contribution is -2.27. The first-order chi connectivity index (χ1) is 17.9. The molecule has 0 bridgehead atoms. The Bertz CT molecular complexity index is 1320. The zero-order valence-electron chi connectivity index (χ0n) is 21.2. The second-order valence-corrected chi connectivity index (χ2v) is 10.1. The zero-order valence-corrected chi connectivity index (χ0v) is 23.7. The molecule has 1 saturated heterocycles. The molecule has 3 aromatic rings. The number of ether oxygens (including phenoxy) is 1. The van der Waals surface area contributed by atoms with Gasteiger partial charge in [0.2, 0.25) is 5.91 Å². The molecule has 0 unspecified atom stereocenters. The predicted octanol–water partition coefficient (Wildman–Crippen LogP) is 5.98. The highest BCUT2D eigenvalue weighted by Gasteiger charge is 2.33. The summed E-state index contributed by atoms with van der Waals surface area (Å²) in [5.74, 6) is 1.11. The minimum Gasteiger partial charge on any atom is -0.494 e. The molecule has 0 aliphatic carbocycles. The van der Waals surface area contributed by atoms with Crippen LogP contribution in [0.15, 0.2) is 70.0 Å². The summed E-state index contributed by atoms with van der Waals surface area (Å²) in [7, 11) is 0. The number of anilines is 1. The van der Waals surface area contributed by atoms with Crippen molar-refractivity contribution in [2.75, 3.05) is 31.1 Å². The Morgan fingerprint density at radius 3 is 2.55 bits per heavy atom. The molecule has 2 N–H and O–H groups in total. The van der Waals surface area contributed by atoms with E-state index in [9.17, 15) is 9.59 Å². The van der Waals surface area contributed by atoms with Crippen LogP contribution in [0, 0.1) is 0 Å². The largest absolute Gasteiger partial charge is 0.494 e. The molecule has 1 aliphatic heterocycles. The number of nitrogens with zero attached hydrogens (tertiary/aromatic N) is 2. The molecule has 0 radical (unpaired) electrons. The number of nitrogens with two attached hydrogens (primary N) is 1. The number of hydrogen-bond donors (Lipinski definition) is 1. The number of thiocarbonyl (C=S) groups is 1. The van der Waals surface area contributed by atoms with E-state index in [1.165, 1.54) is 16.7 Å². The molecule has 2 amide bonds. The summed E-state index contributed by atoms with van der Waals surface area (Å²) in [6, 6.07) is 17.8. The second-order valence-electron chi connectivity index (χ2n) is 8.39. The molecule has 1 aromatic heterocycles. The number of hydrogen-bond acceptors (Lipinski definition) is 7. The van der Waals surface area contributed by atoms with Gasteiger partial charge in [-0.15, -0.1) is 12.4 Å². The Balaban J connectivity index is 0.00000400. The molecule has 200 valence electrons. The fourth-order valence-corrected chi connectivity index (χ4v) is 5.22. The number of benzene rings is 2. The van der Waals surface area contributed by atoms with Crippen molar-refractivity contribution in [1.82, 2.24) is 4.90 Å². The van der Waals surface area contributed by atoms with Crippen molar-refractivity contribution in [3.8, 4) is 17.1 Å². The molecular formula is C28H30ClN3O4S2. The number of halogens is 1. The van der Waals surface area contributed by atoms with Crippen LogP contribution in [0.2, 0.25) is 0 Å². The van der Waals surface area contributed by atoms with Gasteiger partial charge in [-0.05, 0) is 68.0 Å². The first-order valence-corrected chi connectivity index (χ1v) is 13.3. The van der Waals surface area contributed by atoms with Crippen LogP contribution in [0.5, 0.6) is 5.75 Å². The molecule has 2 aromatic carbocycles. The van der Waals surface area contributed by atoms with Gasteiger partial charge in [0.05, 0.1) is 17.2 Å². The van der Waals surface area contributed by atoms with Crippen LogP contribution in [-0.2, 0) is 4.79 Å².